The average Bonchev–Trinajstić information content (AvgIpc) is 2.27. The lowest BCUT2D eigenvalue weighted by atomic mass is 9.65. The van der Waals surface area contributed by atoms with Crippen molar-refractivity contribution in [1.29, 1.82) is 0 Å². The quantitative estimate of drug-likeness (QED) is 0.743. The van der Waals surface area contributed by atoms with E-state index < -0.39 is 0 Å². The summed E-state index contributed by atoms with van der Waals surface area (Å²) in [5.41, 5.74) is 3.92. The molecule has 1 aliphatic rings. The summed E-state index contributed by atoms with van der Waals surface area (Å²) in [6.07, 6.45) is 3.85. The van der Waals surface area contributed by atoms with Crippen LogP contribution in [0.3, 0.4) is 0 Å². The van der Waals surface area contributed by atoms with Gasteiger partial charge in [-0.15, -0.1) is 0 Å². The largest absolute Gasteiger partial charge is 0.384 e. The first kappa shape index (κ1) is 16.2. The van der Waals surface area contributed by atoms with Crippen molar-refractivity contribution in [3.8, 4) is 0 Å². The lowest BCUT2D eigenvalue weighted by Gasteiger charge is -2.42. The minimum atomic E-state index is 0.00963. The minimum absolute atomic E-state index is 0.00963. The van der Waals surface area contributed by atoms with E-state index in [0.29, 0.717) is 13.2 Å². The fraction of sp³-hybridized carbons (Fsp3) is 0.647. The Hall–Kier alpha value is -0.860. The van der Waals surface area contributed by atoms with E-state index >= 15 is 0 Å². The van der Waals surface area contributed by atoms with Gasteiger partial charge >= 0.3 is 0 Å². The van der Waals surface area contributed by atoms with Gasteiger partial charge in [0.05, 0.1) is 13.2 Å². The summed E-state index contributed by atoms with van der Waals surface area (Å²) >= 11 is 0. The van der Waals surface area contributed by atoms with Gasteiger partial charge in [0.15, 0.2) is 0 Å². The molecule has 1 rings (SSSR count). The Morgan fingerprint density at radius 1 is 1.16 bits per heavy atom. The van der Waals surface area contributed by atoms with Gasteiger partial charge in [-0.2, -0.15) is 0 Å². The van der Waals surface area contributed by atoms with Gasteiger partial charge in [-0.05, 0) is 29.4 Å². The lowest BCUT2D eigenvalue weighted by molar-refractivity contribution is 0.00568. The Morgan fingerprint density at radius 2 is 1.68 bits per heavy atom. The van der Waals surface area contributed by atoms with Crippen LogP contribution in [0.4, 0.5) is 0 Å². The lowest BCUT2D eigenvalue weighted by Crippen LogP contribution is -2.37. The summed E-state index contributed by atoms with van der Waals surface area (Å²) in [7, 11) is 3.51. The Kier molecular flexibility index (Phi) is 5.17. The third-order valence-corrected chi connectivity index (χ3v) is 3.86. The molecule has 0 saturated carbocycles. The van der Waals surface area contributed by atoms with Crippen molar-refractivity contribution in [1.82, 2.24) is 0 Å². The highest BCUT2D eigenvalue weighted by Crippen LogP contribution is 2.48. The number of methoxy groups -OCH3 is 2. The van der Waals surface area contributed by atoms with Crippen molar-refractivity contribution < 1.29 is 9.47 Å². The van der Waals surface area contributed by atoms with Crippen molar-refractivity contribution in [2.45, 2.75) is 33.6 Å². The number of rotatable bonds is 5. The first-order valence-electron chi connectivity index (χ1n) is 6.82. The van der Waals surface area contributed by atoms with E-state index in [4.69, 9.17) is 9.47 Å². The van der Waals surface area contributed by atoms with Gasteiger partial charge < -0.3 is 9.47 Å². The van der Waals surface area contributed by atoms with Crippen LogP contribution in [-0.2, 0) is 9.47 Å². The molecule has 0 aromatic rings. The average molecular weight is 264 g/mol. The monoisotopic (exact) mass is 264 g/mol. The molecule has 1 aliphatic carbocycles. The van der Waals surface area contributed by atoms with Crippen molar-refractivity contribution in [3.05, 3.63) is 36.0 Å². The maximum absolute atomic E-state index is 5.45. The Balaban J connectivity index is 3.24. The zero-order chi connectivity index (χ0) is 14.7. The van der Waals surface area contributed by atoms with E-state index in [9.17, 15) is 0 Å². The maximum Gasteiger partial charge on any atom is 0.0547 e. The van der Waals surface area contributed by atoms with Gasteiger partial charge in [-0.3, -0.25) is 0 Å². The fourth-order valence-corrected chi connectivity index (χ4v) is 3.09. The van der Waals surface area contributed by atoms with Gasteiger partial charge in [-0.25, -0.2) is 0 Å². The van der Waals surface area contributed by atoms with Crippen LogP contribution in [0.1, 0.15) is 33.6 Å². The van der Waals surface area contributed by atoms with Gasteiger partial charge in [0.25, 0.3) is 0 Å². The molecule has 2 heteroatoms. The summed E-state index contributed by atoms with van der Waals surface area (Å²) in [6.45, 7) is 16.3. The van der Waals surface area contributed by atoms with Crippen molar-refractivity contribution >= 4 is 0 Å². The van der Waals surface area contributed by atoms with Crippen LogP contribution in [-0.4, -0.2) is 27.4 Å². The fourth-order valence-electron chi connectivity index (χ4n) is 3.09. The molecule has 0 heterocycles. The maximum atomic E-state index is 5.45. The zero-order valence-corrected chi connectivity index (χ0v) is 13.1. The van der Waals surface area contributed by atoms with E-state index in [1.807, 2.05) is 6.08 Å². The Bertz CT molecular complexity index is 377. The highest BCUT2D eigenvalue weighted by atomic mass is 16.5. The number of hydrogen-bond donors (Lipinski definition) is 0. The second-order valence-corrected chi connectivity index (χ2v) is 6.67. The van der Waals surface area contributed by atoms with Crippen molar-refractivity contribution in [2.75, 3.05) is 27.4 Å². The summed E-state index contributed by atoms with van der Waals surface area (Å²) < 4.78 is 10.9. The highest BCUT2D eigenvalue weighted by Gasteiger charge is 2.39. The Morgan fingerprint density at radius 3 is 2.05 bits per heavy atom. The molecule has 0 aromatic carbocycles. The van der Waals surface area contributed by atoms with Crippen LogP contribution < -0.4 is 0 Å². The predicted molar refractivity (Wildman–Crippen MR) is 81.2 cm³/mol. The molecule has 0 amide bonds. The van der Waals surface area contributed by atoms with Crippen LogP contribution in [0.25, 0.3) is 0 Å². The molecule has 0 fully saturated rings. The smallest absolute Gasteiger partial charge is 0.0547 e. The second-order valence-electron chi connectivity index (χ2n) is 6.67. The third kappa shape index (κ3) is 3.58. The van der Waals surface area contributed by atoms with E-state index in [1.54, 1.807) is 14.2 Å². The van der Waals surface area contributed by atoms with Crippen molar-refractivity contribution in [2.24, 2.45) is 10.8 Å². The van der Waals surface area contributed by atoms with E-state index in [1.165, 1.54) is 11.1 Å². The molecule has 0 aliphatic heterocycles. The van der Waals surface area contributed by atoms with Gasteiger partial charge in [0.1, 0.15) is 0 Å². The molecule has 108 valence electrons. The first-order valence-corrected chi connectivity index (χ1v) is 6.82. The molecule has 2 nitrogen and oxygen atoms in total. The van der Waals surface area contributed by atoms with Crippen LogP contribution >= 0.6 is 0 Å². The van der Waals surface area contributed by atoms with E-state index in [0.717, 1.165) is 18.4 Å². The first-order chi connectivity index (χ1) is 8.79. The number of ether oxygens (including phenoxy) is 2. The molecule has 0 N–H and O–H groups in total. The minimum Gasteiger partial charge on any atom is -0.384 e. The normalized spacial score (nSPS) is 19.7. The predicted octanol–water partition coefficient (Wildman–Crippen LogP) is 4.14. The zero-order valence-electron chi connectivity index (χ0n) is 13.1. The summed E-state index contributed by atoms with van der Waals surface area (Å²) in [5.74, 6) is 0. The highest BCUT2D eigenvalue weighted by molar-refractivity contribution is 5.47. The second kappa shape index (κ2) is 6.06. The molecule has 0 radical (unpaired) electrons. The molecule has 0 spiro atoms. The summed E-state index contributed by atoms with van der Waals surface area (Å²) in [4.78, 5) is 0. The number of hydrogen-bond acceptors (Lipinski definition) is 2. The van der Waals surface area contributed by atoms with Crippen molar-refractivity contribution in [3.63, 3.8) is 0 Å². The van der Waals surface area contributed by atoms with Crippen LogP contribution in [0.5, 0.6) is 0 Å². The summed E-state index contributed by atoms with van der Waals surface area (Å²) in [5, 5.41) is 0. The SMILES string of the molecule is C=CC1=C(C(C)(C)C)CC(COC)(COC)CC1=C. The molecule has 0 atom stereocenters. The van der Waals surface area contributed by atoms with Gasteiger partial charge in [0, 0.05) is 19.6 Å². The van der Waals surface area contributed by atoms with Gasteiger partial charge in [-0.1, -0.05) is 45.6 Å². The molecule has 0 saturated heterocycles. The van der Waals surface area contributed by atoms with E-state index in [-0.39, 0.29) is 10.8 Å². The molecule has 0 unspecified atom stereocenters. The van der Waals surface area contributed by atoms with E-state index in [2.05, 4.69) is 33.9 Å². The Labute approximate surface area is 118 Å². The standard InChI is InChI=1S/C17H28O2/c1-8-14-13(2)9-17(11-18-6,12-19-7)10-15(14)16(3,4)5/h8H,1-2,9-12H2,3-7H3. The van der Waals surface area contributed by atoms with Gasteiger partial charge in [0.2, 0.25) is 0 Å². The van der Waals surface area contributed by atoms with Crippen LogP contribution in [0.2, 0.25) is 0 Å². The van der Waals surface area contributed by atoms with Crippen LogP contribution in [0.15, 0.2) is 36.0 Å². The molecule has 19 heavy (non-hydrogen) atoms. The molecule has 0 bridgehead atoms. The third-order valence-electron chi connectivity index (χ3n) is 3.86. The molecule has 0 aromatic heterocycles. The van der Waals surface area contributed by atoms with Crippen LogP contribution in [0, 0.1) is 10.8 Å². The molecular weight excluding hydrogens is 236 g/mol. The molecular formula is C17H28O2. The topological polar surface area (TPSA) is 18.5 Å². The number of allylic oxidation sites excluding steroid dienone is 4. The summed E-state index contributed by atoms with van der Waals surface area (Å²) in [6, 6.07) is 0.